The van der Waals surface area contributed by atoms with Gasteiger partial charge in [0.15, 0.2) is 5.82 Å². The molecule has 0 aliphatic rings. The van der Waals surface area contributed by atoms with E-state index >= 15 is 0 Å². The maximum atomic E-state index is 4.66. The van der Waals surface area contributed by atoms with Crippen molar-refractivity contribution in [1.29, 1.82) is 0 Å². The van der Waals surface area contributed by atoms with Crippen LogP contribution in [0.25, 0.3) is 11.4 Å². The molecule has 0 aliphatic heterocycles. The normalized spacial score (nSPS) is 11.5. The third kappa shape index (κ3) is 3.41. The Kier molecular flexibility index (Phi) is 4.31. The lowest BCUT2D eigenvalue weighted by atomic mass is 9.86. The summed E-state index contributed by atoms with van der Waals surface area (Å²) < 4.78 is 0. The van der Waals surface area contributed by atoms with E-state index in [1.165, 1.54) is 5.56 Å². The van der Waals surface area contributed by atoms with Gasteiger partial charge in [0.25, 0.3) is 0 Å². The number of benzene rings is 1. The molecule has 0 fully saturated rings. The third-order valence-electron chi connectivity index (χ3n) is 3.74. The summed E-state index contributed by atoms with van der Waals surface area (Å²) in [5.74, 6) is 1.72. The number of aromatic nitrogens is 2. The molecule has 1 aromatic carbocycles. The first kappa shape index (κ1) is 15.5. The quantitative estimate of drug-likeness (QED) is 0.902. The predicted molar refractivity (Wildman–Crippen MR) is 89.8 cm³/mol. The lowest BCUT2D eigenvalue weighted by molar-refractivity contribution is 0.590. The lowest BCUT2D eigenvalue weighted by Gasteiger charge is -2.19. The monoisotopic (exact) mass is 283 g/mol. The first-order valence-electron chi connectivity index (χ1n) is 7.53. The van der Waals surface area contributed by atoms with Gasteiger partial charge in [0.2, 0.25) is 0 Å². The Morgan fingerprint density at radius 3 is 2.14 bits per heavy atom. The molecule has 3 heteroatoms. The lowest BCUT2D eigenvalue weighted by Crippen LogP contribution is -2.10. The van der Waals surface area contributed by atoms with Crippen LogP contribution in [0.1, 0.15) is 44.5 Å². The van der Waals surface area contributed by atoms with Crippen molar-refractivity contribution in [2.45, 2.75) is 47.0 Å². The molecular formula is C18H25N3. The molecule has 0 spiro atoms. The Morgan fingerprint density at radius 1 is 1.00 bits per heavy atom. The minimum Gasteiger partial charge on any atom is -0.370 e. The number of anilines is 1. The van der Waals surface area contributed by atoms with E-state index in [9.17, 15) is 0 Å². The number of hydrogen-bond donors (Lipinski definition) is 1. The molecule has 112 valence electrons. The Labute approximate surface area is 127 Å². The molecule has 21 heavy (non-hydrogen) atoms. The minimum absolute atomic E-state index is 0.164. The van der Waals surface area contributed by atoms with Crippen LogP contribution in [0.2, 0.25) is 0 Å². The third-order valence-corrected chi connectivity index (χ3v) is 3.74. The Morgan fingerprint density at radius 2 is 1.62 bits per heavy atom. The van der Waals surface area contributed by atoms with E-state index in [2.05, 4.69) is 74.2 Å². The predicted octanol–water partition coefficient (Wildman–Crippen LogP) is 4.49. The Hall–Kier alpha value is -1.90. The van der Waals surface area contributed by atoms with Crippen molar-refractivity contribution >= 4 is 5.82 Å². The van der Waals surface area contributed by atoms with Crippen LogP contribution >= 0.6 is 0 Å². The van der Waals surface area contributed by atoms with Crippen LogP contribution in [0.3, 0.4) is 0 Å². The van der Waals surface area contributed by atoms with Gasteiger partial charge in [-0.3, -0.25) is 0 Å². The summed E-state index contributed by atoms with van der Waals surface area (Å²) in [6, 6.07) is 8.56. The molecule has 2 rings (SSSR count). The molecule has 0 saturated heterocycles. The van der Waals surface area contributed by atoms with E-state index in [1.54, 1.807) is 0 Å². The van der Waals surface area contributed by atoms with Crippen LogP contribution in [-0.2, 0) is 5.41 Å². The highest BCUT2D eigenvalue weighted by Crippen LogP contribution is 2.26. The standard InChI is InChI=1S/C18H25N3/c1-7-19-16-12(2)13(3)20-17(21-16)14-8-10-15(11-9-14)18(4,5)6/h8-11H,7H2,1-6H3,(H,19,20,21). The Bertz CT molecular complexity index is 622. The summed E-state index contributed by atoms with van der Waals surface area (Å²) in [5, 5.41) is 3.31. The van der Waals surface area contributed by atoms with E-state index in [0.29, 0.717) is 0 Å². The second-order valence-electron chi connectivity index (χ2n) is 6.46. The van der Waals surface area contributed by atoms with Crippen LogP contribution in [0.4, 0.5) is 5.82 Å². The SMILES string of the molecule is CCNc1nc(-c2ccc(C(C)(C)C)cc2)nc(C)c1C. The highest BCUT2D eigenvalue weighted by Gasteiger charge is 2.14. The van der Waals surface area contributed by atoms with Gasteiger partial charge in [-0.25, -0.2) is 9.97 Å². The average molecular weight is 283 g/mol. The number of rotatable bonds is 3. The maximum absolute atomic E-state index is 4.66. The highest BCUT2D eigenvalue weighted by atomic mass is 15.0. The fraction of sp³-hybridized carbons (Fsp3) is 0.444. The smallest absolute Gasteiger partial charge is 0.161 e. The van der Waals surface area contributed by atoms with Crippen LogP contribution in [0.5, 0.6) is 0 Å². The number of nitrogens with zero attached hydrogens (tertiary/aromatic N) is 2. The number of hydrogen-bond acceptors (Lipinski definition) is 3. The van der Waals surface area contributed by atoms with E-state index in [-0.39, 0.29) is 5.41 Å². The van der Waals surface area contributed by atoms with Crippen LogP contribution < -0.4 is 5.32 Å². The van der Waals surface area contributed by atoms with Gasteiger partial charge in [-0.1, -0.05) is 45.0 Å². The molecule has 1 N–H and O–H groups in total. The molecule has 0 radical (unpaired) electrons. The van der Waals surface area contributed by atoms with Gasteiger partial charge in [-0.2, -0.15) is 0 Å². The largest absolute Gasteiger partial charge is 0.370 e. The second-order valence-corrected chi connectivity index (χ2v) is 6.46. The molecule has 0 bridgehead atoms. The van der Waals surface area contributed by atoms with Crippen LogP contribution in [0, 0.1) is 13.8 Å². The number of aryl methyl sites for hydroxylation is 1. The molecule has 2 aromatic rings. The van der Waals surface area contributed by atoms with E-state index in [1.807, 2.05) is 6.92 Å². The molecule has 0 aliphatic carbocycles. The number of nitrogens with one attached hydrogen (secondary N) is 1. The van der Waals surface area contributed by atoms with E-state index < -0.39 is 0 Å². The topological polar surface area (TPSA) is 37.8 Å². The van der Waals surface area contributed by atoms with Gasteiger partial charge >= 0.3 is 0 Å². The van der Waals surface area contributed by atoms with E-state index in [0.717, 1.165) is 35.0 Å². The average Bonchev–Trinajstić information content (AvgIpc) is 2.43. The Balaban J connectivity index is 2.42. The molecule has 3 nitrogen and oxygen atoms in total. The van der Waals surface area contributed by atoms with Crippen molar-refractivity contribution < 1.29 is 0 Å². The first-order valence-corrected chi connectivity index (χ1v) is 7.53. The second kappa shape index (κ2) is 5.84. The van der Waals surface area contributed by atoms with Crippen LogP contribution in [0.15, 0.2) is 24.3 Å². The fourth-order valence-corrected chi connectivity index (χ4v) is 2.22. The van der Waals surface area contributed by atoms with Crippen molar-refractivity contribution in [3.63, 3.8) is 0 Å². The molecular weight excluding hydrogens is 258 g/mol. The van der Waals surface area contributed by atoms with Gasteiger partial charge < -0.3 is 5.32 Å². The molecule has 0 unspecified atom stereocenters. The van der Waals surface area contributed by atoms with Crippen molar-refractivity contribution in [2.75, 3.05) is 11.9 Å². The maximum Gasteiger partial charge on any atom is 0.161 e. The van der Waals surface area contributed by atoms with Gasteiger partial charge in [-0.15, -0.1) is 0 Å². The summed E-state index contributed by atoms with van der Waals surface area (Å²) in [4.78, 5) is 9.29. The van der Waals surface area contributed by atoms with Crippen molar-refractivity contribution in [2.24, 2.45) is 0 Å². The van der Waals surface area contributed by atoms with Gasteiger partial charge in [-0.05, 0) is 31.7 Å². The van der Waals surface area contributed by atoms with Gasteiger partial charge in [0.1, 0.15) is 5.82 Å². The summed E-state index contributed by atoms with van der Waals surface area (Å²) in [6.07, 6.45) is 0. The molecule has 1 aromatic heterocycles. The molecule has 1 heterocycles. The summed E-state index contributed by atoms with van der Waals surface area (Å²) in [6.45, 7) is 13.7. The van der Waals surface area contributed by atoms with Gasteiger partial charge in [0, 0.05) is 23.4 Å². The summed E-state index contributed by atoms with van der Waals surface area (Å²) in [5.41, 5.74) is 4.69. The minimum atomic E-state index is 0.164. The van der Waals surface area contributed by atoms with Crippen LogP contribution in [-0.4, -0.2) is 16.5 Å². The van der Waals surface area contributed by atoms with Gasteiger partial charge in [0.05, 0.1) is 0 Å². The summed E-state index contributed by atoms with van der Waals surface area (Å²) >= 11 is 0. The molecule has 0 saturated carbocycles. The van der Waals surface area contributed by atoms with Crippen molar-refractivity contribution in [3.05, 3.63) is 41.1 Å². The summed E-state index contributed by atoms with van der Waals surface area (Å²) in [7, 11) is 0. The zero-order valence-corrected chi connectivity index (χ0v) is 13.9. The zero-order chi connectivity index (χ0) is 15.6. The molecule has 0 amide bonds. The van der Waals surface area contributed by atoms with Crippen molar-refractivity contribution in [3.8, 4) is 11.4 Å². The molecule has 0 atom stereocenters. The van der Waals surface area contributed by atoms with E-state index in [4.69, 9.17) is 0 Å². The highest BCUT2D eigenvalue weighted by molar-refractivity contribution is 5.60. The fourth-order valence-electron chi connectivity index (χ4n) is 2.22. The van der Waals surface area contributed by atoms with Crippen molar-refractivity contribution in [1.82, 2.24) is 9.97 Å². The first-order chi connectivity index (χ1) is 9.82. The zero-order valence-electron chi connectivity index (χ0n) is 13.9.